The van der Waals surface area contributed by atoms with E-state index in [9.17, 15) is 0 Å². The van der Waals surface area contributed by atoms with Crippen LogP contribution in [0.5, 0.6) is 0 Å². The summed E-state index contributed by atoms with van der Waals surface area (Å²) in [6.07, 6.45) is 0. The summed E-state index contributed by atoms with van der Waals surface area (Å²) < 4.78 is 6.44. The third-order valence-corrected chi connectivity index (χ3v) is 7.38. The van der Waals surface area contributed by atoms with Crippen molar-refractivity contribution in [2.75, 3.05) is 0 Å². The van der Waals surface area contributed by atoms with Gasteiger partial charge in [0.2, 0.25) is 0 Å². The van der Waals surface area contributed by atoms with E-state index in [-0.39, 0.29) is 0 Å². The lowest BCUT2D eigenvalue weighted by atomic mass is 9.84. The maximum Gasteiger partial charge on any atom is 0.143 e. The quantitative estimate of drug-likeness (QED) is 0.231. The van der Waals surface area contributed by atoms with Crippen LogP contribution >= 0.6 is 11.6 Å². The van der Waals surface area contributed by atoms with Gasteiger partial charge in [-0.3, -0.25) is 0 Å². The first-order chi connectivity index (χ1) is 18.8. The highest BCUT2D eigenvalue weighted by Crippen LogP contribution is 2.45. The van der Waals surface area contributed by atoms with Gasteiger partial charge in [0, 0.05) is 27.4 Å². The first-order valence-electron chi connectivity index (χ1n) is 12.7. The lowest BCUT2D eigenvalue weighted by Crippen LogP contribution is -1.93. The minimum atomic E-state index is 0.669. The molecule has 0 amide bonds. The highest BCUT2D eigenvalue weighted by molar-refractivity contribution is 6.31. The van der Waals surface area contributed by atoms with Gasteiger partial charge in [-0.15, -0.1) is 0 Å². The molecule has 0 aliphatic rings. The molecule has 0 radical (unpaired) electrons. The van der Waals surface area contributed by atoms with Crippen molar-refractivity contribution in [2.24, 2.45) is 0 Å². The summed E-state index contributed by atoms with van der Waals surface area (Å²) >= 11 is 6.30. The lowest BCUT2D eigenvalue weighted by Gasteiger charge is -2.19. The van der Waals surface area contributed by atoms with Crippen LogP contribution in [0.25, 0.3) is 66.4 Å². The zero-order valence-corrected chi connectivity index (χ0v) is 21.3. The molecule has 1 nitrogen and oxygen atoms in total. The van der Waals surface area contributed by atoms with Gasteiger partial charge in [-0.1, -0.05) is 121 Å². The van der Waals surface area contributed by atoms with Gasteiger partial charge in [-0.25, -0.2) is 0 Å². The summed E-state index contributed by atoms with van der Waals surface area (Å²) in [6.45, 7) is 0. The van der Waals surface area contributed by atoms with Gasteiger partial charge >= 0.3 is 0 Å². The standard InChI is InChI=1S/C36H23ClO/c37-28-19-20-30-31-18-10-17-29(36(31)38-34(30)23-28)27-21-32(24-11-4-1-5-12-24)35(26-15-8-3-9-16-26)33(22-27)25-13-6-2-7-14-25/h1-23H. The Hall–Kier alpha value is -4.59. The number of halogens is 1. The maximum absolute atomic E-state index is 6.44. The third-order valence-electron chi connectivity index (χ3n) is 7.14. The Morgan fingerprint density at radius 1 is 0.421 bits per heavy atom. The summed E-state index contributed by atoms with van der Waals surface area (Å²) in [4.78, 5) is 0. The summed E-state index contributed by atoms with van der Waals surface area (Å²) in [6, 6.07) is 48.8. The Morgan fingerprint density at radius 3 is 1.61 bits per heavy atom. The Morgan fingerprint density at radius 2 is 1.00 bits per heavy atom. The van der Waals surface area contributed by atoms with Crippen molar-refractivity contribution in [2.45, 2.75) is 0 Å². The molecule has 0 aliphatic heterocycles. The van der Waals surface area contributed by atoms with Crippen LogP contribution in [0.2, 0.25) is 5.02 Å². The summed E-state index contributed by atoms with van der Waals surface area (Å²) in [7, 11) is 0. The average molecular weight is 507 g/mol. The van der Waals surface area contributed by atoms with Crippen molar-refractivity contribution in [1.82, 2.24) is 0 Å². The number of hydrogen-bond acceptors (Lipinski definition) is 1. The van der Waals surface area contributed by atoms with Crippen LogP contribution in [0.1, 0.15) is 0 Å². The van der Waals surface area contributed by atoms with E-state index in [1.165, 1.54) is 33.4 Å². The molecular formula is C36H23ClO. The molecule has 0 saturated carbocycles. The van der Waals surface area contributed by atoms with Gasteiger partial charge in [0.05, 0.1) is 0 Å². The molecule has 7 aromatic rings. The molecule has 180 valence electrons. The molecule has 6 aromatic carbocycles. The molecule has 0 bridgehead atoms. The lowest BCUT2D eigenvalue weighted by molar-refractivity contribution is 0.670. The number of fused-ring (bicyclic) bond motifs is 3. The van der Waals surface area contributed by atoms with Crippen molar-refractivity contribution in [1.29, 1.82) is 0 Å². The molecule has 0 aliphatic carbocycles. The number of furan rings is 1. The number of benzene rings is 6. The summed E-state index contributed by atoms with van der Waals surface area (Å²) in [5.41, 5.74) is 11.0. The van der Waals surface area contributed by atoms with E-state index in [1.807, 2.05) is 18.2 Å². The largest absolute Gasteiger partial charge is 0.455 e. The predicted molar refractivity (Wildman–Crippen MR) is 160 cm³/mol. The van der Waals surface area contributed by atoms with Gasteiger partial charge < -0.3 is 4.42 Å². The molecule has 0 spiro atoms. The third kappa shape index (κ3) is 3.89. The molecule has 1 aromatic heterocycles. The van der Waals surface area contributed by atoms with Gasteiger partial charge in [-0.2, -0.15) is 0 Å². The fourth-order valence-corrected chi connectivity index (χ4v) is 5.57. The zero-order valence-electron chi connectivity index (χ0n) is 20.6. The molecule has 0 atom stereocenters. The van der Waals surface area contributed by atoms with Crippen molar-refractivity contribution in [3.8, 4) is 44.5 Å². The Kier molecular flexibility index (Phi) is 5.57. The number of hydrogen-bond donors (Lipinski definition) is 0. The minimum Gasteiger partial charge on any atom is -0.455 e. The molecule has 0 saturated heterocycles. The zero-order chi connectivity index (χ0) is 25.5. The highest BCUT2D eigenvalue weighted by Gasteiger charge is 2.19. The van der Waals surface area contributed by atoms with E-state index in [0.29, 0.717) is 5.02 Å². The molecule has 7 rings (SSSR count). The van der Waals surface area contributed by atoms with E-state index in [2.05, 4.69) is 121 Å². The van der Waals surface area contributed by atoms with E-state index in [4.69, 9.17) is 16.0 Å². The van der Waals surface area contributed by atoms with E-state index < -0.39 is 0 Å². The Labute approximate surface area is 226 Å². The van der Waals surface area contributed by atoms with Crippen molar-refractivity contribution >= 4 is 33.5 Å². The van der Waals surface area contributed by atoms with Crippen molar-refractivity contribution in [3.63, 3.8) is 0 Å². The van der Waals surface area contributed by atoms with Crippen molar-refractivity contribution in [3.05, 3.63) is 145 Å². The van der Waals surface area contributed by atoms with E-state index in [1.54, 1.807) is 0 Å². The summed E-state index contributed by atoms with van der Waals surface area (Å²) in [5.74, 6) is 0. The smallest absolute Gasteiger partial charge is 0.143 e. The minimum absolute atomic E-state index is 0.669. The van der Waals surface area contributed by atoms with Gasteiger partial charge in [-0.05, 0) is 63.2 Å². The van der Waals surface area contributed by atoms with Crippen LogP contribution in [0.3, 0.4) is 0 Å². The molecule has 1 heterocycles. The fourth-order valence-electron chi connectivity index (χ4n) is 5.40. The molecule has 0 N–H and O–H groups in total. The van der Waals surface area contributed by atoms with Gasteiger partial charge in [0.1, 0.15) is 11.2 Å². The molecular weight excluding hydrogens is 484 g/mol. The number of para-hydroxylation sites is 1. The van der Waals surface area contributed by atoms with Crippen LogP contribution in [0, 0.1) is 0 Å². The van der Waals surface area contributed by atoms with Gasteiger partial charge in [0.25, 0.3) is 0 Å². The monoisotopic (exact) mass is 506 g/mol. The van der Waals surface area contributed by atoms with E-state index in [0.717, 1.165) is 33.1 Å². The molecule has 2 heteroatoms. The first-order valence-corrected chi connectivity index (χ1v) is 13.1. The maximum atomic E-state index is 6.44. The van der Waals surface area contributed by atoms with Crippen molar-refractivity contribution < 1.29 is 4.42 Å². The molecule has 0 unspecified atom stereocenters. The summed E-state index contributed by atoms with van der Waals surface area (Å²) in [5, 5.41) is 2.82. The first kappa shape index (κ1) is 22.6. The SMILES string of the molecule is Clc1ccc2c(c1)oc1c(-c3cc(-c4ccccc4)c(-c4ccccc4)c(-c4ccccc4)c3)cccc12. The Bertz CT molecular complexity index is 1840. The number of rotatable bonds is 4. The molecule has 0 fully saturated rings. The van der Waals surface area contributed by atoms with Crippen LogP contribution in [0.15, 0.2) is 144 Å². The second kappa shape index (κ2) is 9.37. The topological polar surface area (TPSA) is 13.1 Å². The second-order valence-corrected chi connectivity index (χ2v) is 9.91. The van der Waals surface area contributed by atoms with Crippen LogP contribution in [-0.2, 0) is 0 Å². The second-order valence-electron chi connectivity index (χ2n) is 9.47. The van der Waals surface area contributed by atoms with Crippen LogP contribution < -0.4 is 0 Å². The fraction of sp³-hybridized carbons (Fsp3) is 0. The highest BCUT2D eigenvalue weighted by atomic mass is 35.5. The molecule has 38 heavy (non-hydrogen) atoms. The van der Waals surface area contributed by atoms with Crippen LogP contribution in [0.4, 0.5) is 0 Å². The average Bonchev–Trinajstić information content (AvgIpc) is 3.35. The normalized spacial score (nSPS) is 11.3. The predicted octanol–water partition coefficient (Wildman–Crippen LogP) is 10.9. The van der Waals surface area contributed by atoms with Gasteiger partial charge in [0.15, 0.2) is 0 Å². The van der Waals surface area contributed by atoms with Crippen LogP contribution in [-0.4, -0.2) is 0 Å². The van der Waals surface area contributed by atoms with E-state index >= 15 is 0 Å². The Balaban J connectivity index is 1.58.